The van der Waals surface area contributed by atoms with Crippen LogP contribution < -0.4 is 5.56 Å². The van der Waals surface area contributed by atoms with Gasteiger partial charge in [-0.2, -0.15) is 0 Å². The van der Waals surface area contributed by atoms with Crippen LogP contribution in [0.4, 0.5) is 0 Å². The first kappa shape index (κ1) is 17.5. The fourth-order valence-electron chi connectivity index (χ4n) is 3.97. The van der Waals surface area contributed by atoms with Gasteiger partial charge in [-0.1, -0.05) is 60.4 Å². The van der Waals surface area contributed by atoms with Gasteiger partial charge >= 0.3 is 0 Å². The third-order valence-electron chi connectivity index (χ3n) is 5.16. The van der Waals surface area contributed by atoms with Crippen LogP contribution in [0.5, 0.6) is 0 Å². The van der Waals surface area contributed by atoms with Crippen molar-refractivity contribution in [1.82, 2.24) is 9.47 Å². The first-order chi connectivity index (χ1) is 12.6. The first-order valence-corrected chi connectivity index (χ1v) is 10.2. The Hall–Kier alpha value is -1.92. The number of carbonyl (C=O) groups is 1. The summed E-state index contributed by atoms with van der Waals surface area (Å²) in [5.74, 6) is 1.24. The van der Waals surface area contributed by atoms with Gasteiger partial charge in [0.2, 0.25) is 0 Å². The van der Waals surface area contributed by atoms with Gasteiger partial charge in [0.25, 0.3) is 5.56 Å². The first-order valence-electron chi connectivity index (χ1n) is 8.81. The number of aromatic nitrogens is 1. The average Bonchev–Trinajstić information content (AvgIpc) is 2.67. The Balaban J connectivity index is 1.41. The quantitative estimate of drug-likeness (QED) is 0.601. The highest BCUT2D eigenvalue weighted by molar-refractivity contribution is 8.23. The number of benzene rings is 1. The standard InChI is InChI=1S/C20H20N2O2S2/c23-18(15-5-2-1-3-6-15)13-26-20(25)21-10-14-9-16(12-21)17-7-4-8-19(24)22(17)11-14/h1-8,14,16H,9-13H2. The summed E-state index contributed by atoms with van der Waals surface area (Å²) < 4.78 is 2.71. The summed E-state index contributed by atoms with van der Waals surface area (Å²) in [7, 11) is 0. The predicted octanol–water partition coefficient (Wildman–Crippen LogP) is 3.17. The van der Waals surface area contributed by atoms with E-state index in [9.17, 15) is 9.59 Å². The average molecular weight is 385 g/mol. The summed E-state index contributed by atoms with van der Waals surface area (Å²) in [6.45, 7) is 2.45. The molecule has 1 saturated heterocycles. The number of rotatable bonds is 3. The molecule has 4 nitrogen and oxygen atoms in total. The van der Waals surface area contributed by atoms with Crippen molar-refractivity contribution < 1.29 is 4.79 Å². The highest BCUT2D eigenvalue weighted by atomic mass is 32.2. The highest BCUT2D eigenvalue weighted by Gasteiger charge is 2.35. The molecule has 26 heavy (non-hydrogen) atoms. The Labute approximate surface area is 162 Å². The molecule has 0 amide bonds. The summed E-state index contributed by atoms with van der Waals surface area (Å²) in [4.78, 5) is 26.6. The van der Waals surface area contributed by atoms with Crippen LogP contribution >= 0.6 is 24.0 Å². The molecule has 134 valence electrons. The van der Waals surface area contributed by atoms with Crippen molar-refractivity contribution in [3.8, 4) is 0 Å². The lowest BCUT2D eigenvalue weighted by Gasteiger charge is -2.43. The SMILES string of the molecule is O=C(CSC(=S)N1CC2CC(C1)c1cccc(=O)n1C2)c1ccccc1. The number of likely N-dealkylation sites (tertiary alicyclic amines) is 1. The molecule has 0 aliphatic carbocycles. The molecule has 0 spiro atoms. The number of ketones is 1. The van der Waals surface area contributed by atoms with E-state index in [0.717, 1.165) is 41.6 Å². The Bertz CT molecular complexity index is 894. The minimum Gasteiger partial charge on any atom is -0.356 e. The van der Waals surface area contributed by atoms with E-state index in [-0.39, 0.29) is 11.3 Å². The van der Waals surface area contributed by atoms with Crippen LogP contribution in [0.2, 0.25) is 0 Å². The zero-order chi connectivity index (χ0) is 18.1. The Morgan fingerprint density at radius 3 is 2.69 bits per heavy atom. The van der Waals surface area contributed by atoms with Gasteiger partial charge in [0.15, 0.2) is 5.78 Å². The number of pyridine rings is 1. The smallest absolute Gasteiger partial charge is 0.250 e. The van der Waals surface area contributed by atoms with Crippen molar-refractivity contribution in [2.45, 2.75) is 18.9 Å². The lowest BCUT2D eigenvalue weighted by atomic mass is 9.83. The van der Waals surface area contributed by atoms with Crippen molar-refractivity contribution in [2.24, 2.45) is 5.92 Å². The van der Waals surface area contributed by atoms with Gasteiger partial charge in [0, 0.05) is 42.9 Å². The number of hydrogen-bond acceptors (Lipinski definition) is 4. The third kappa shape index (κ3) is 3.48. The van der Waals surface area contributed by atoms with E-state index in [0.29, 0.717) is 17.6 Å². The Morgan fingerprint density at radius 1 is 1.08 bits per heavy atom. The maximum absolute atomic E-state index is 12.3. The third-order valence-corrected chi connectivity index (χ3v) is 6.68. The molecular weight excluding hydrogens is 364 g/mol. The van der Waals surface area contributed by atoms with Crippen LogP contribution in [0.15, 0.2) is 53.3 Å². The number of nitrogens with zero attached hydrogens (tertiary/aromatic N) is 2. The second-order valence-electron chi connectivity index (χ2n) is 6.95. The number of hydrogen-bond donors (Lipinski definition) is 0. The maximum Gasteiger partial charge on any atom is 0.250 e. The molecule has 2 aliphatic heterocycles. The Morgan fingerprint density at radius 2 is 1.88 bits per heavy atom. The zero-order valence-corrected chi connectivity index (χ0v) is 16.0. The lowest BCUT2D eigenvalue weighted by Crippen LogP contribution is -2.48. The fourth-order valence-corrected chi connectivity index (χ4v) is 5.05. The van der Waals surface area contributed by atoms with Gasteiger partial charge in [0.05, 0.1) is 5.75 Å². The van der Waals surface area contributed by atoms with Crippen LogP contribution in [0, 0.1) is 5.92 Å². The van der Waals surface area contributed by atoms with Crippen molar-refractivity contribution in [3.63, 3.8) is 0 Å². The van der Waals surface area contributed by atoms with E-state index in [1.165, 1.54) is 11.8 Å². The van der Waals surface area contributed by atoms with Crippen LogP contribution in [0.3, 0.4) is 0 Å². The minimum absolute atomic E-state index is 0.0936. The van der Waals surface area contributed by atoms with Gasteiger partial charge in [-0.25, -0.2) is 0 Å². The van der Waals surface area contributed by atoms with Gasteiger partial charge in [-0.15, -0.1) is 0 Å². The zero-order valence-electron chi connectivity index (χ0n) is 14.3. The number of thioether (sulfide) groups is 1. The van der Waals surface area contributed by atoms with E-state index in [4.69, 9.17) is 12.2 Å². The molecule has 1 aromatic carbocycles. The van der Waals surface area contributed by atoms with Gasteiger partial charge in [-0.3, -0.25) is 9.59 Å². The summed E-state index contributed by atoms with van der Waals surface area (Å²) in [5, 5.41) is 0. The molecule has 1 aromatic heterocycles. The van der Waals surface area contributed by atoms with Crippen molar-refractivity contribution in [1.29, 1.82) is 0 Å². The summed E-state index contributed by atoms with van der Waals surface area (Å²) in [5.41, 5.74) is 1.94. The van der Waals surface area contributed by atoms with Crippen LogP contribution in [0.1, 0.15) is 28.4 Å². The van der Waals surface area contributed by atoms with Gasteiger partial charge in [-0.05, 0) is 18.4 Å². The monoisotopic (exact) mass is 384 g/mol. The van der Waals surface area contributed by atoms with Gasteiger partial charge < -0.3 is 9.47 Å². The summed E-state index contributed by atoms with van der Waals surface area (Å²) in [6, 6.07) is 14.9. The van der Waals surface area contributed by atoms with Crippen molar-refractivity contribution in [2.75, 3.05) is 18.8 Å². The summed E-state index contributed by atoms with van der Waals surface area (Å²) >= 11 is 7.06. The molecule has 2 atom stereocenters. The number of piperidine rings is 1. The second-order valence-corrected chi connectivity index (χ2v) is 8.56. The largest absolute Gasteiger partial charge is 0.356 e. The summed E-state index contributed by atoms with van der Waals surface area (Å²) in [6.07, 6.45) is 1.11. The number of Topliss-reactive ketones (excluding diaryl/α,β-unsaturated/α-hetero) is 1. The fraction of sp³-hybridized carbons (Fsp3) is 0.350. The molecule has 2 aliphatic rings. The molecule has 0 radical (unpaired) electrons. The number of fused-ring (bicyclic) bond motifs is 4. The van der Waals surface area contributed by atoms with E-state index >= 15 is 0 Å². The van der Waals surface area contributed by atoms with Crippen LogP contribution in [-0.4, -0.2) is 38.4 Å². The highest BCUT2D eigenvalue weighted by Crippen LogP contribution is 2.36. The molecule has 6 heteroatoms. The molecule has 2 bridgehead atoms. The molecule has 3 heterocycles. The molecule has 1 fully saturated rings. The van der Waals surface area contributed by atoms with Crippen molar-refractivity contribution in [3.05, 3.63) is 70.1 Å². The molecule has 2 unspecified atom stereocenters. The lowest BCUT2D eigenvalue weighted by molar-refractivity contribution is 0.102. The number of carbonyl (C=O) groups excluding carboxylic acids is 1. The molecule has 4 rings (SSSR count). The van der Waals surface area contributed by atoms with Crippen LogP contribution in [0.25, 0.3) is 0 Å². The topological polar surface area (TPSA) is 42.3 Å². The van der Waals surface area contributed by atoms with Crippen LogP contribution in [-0.2, 0) is 6.54 Å². The minimum atomic E-state index is 0.0936. The van der Waals surface area contributed by atoms with Gasteiger partial charge in [0.1, 0.15) is 4.32 Å². The Kier molecular flexibility index (Phi) is 4.96. The van der Waals surface area contributed by atoms with E-state index in [1.54, 1.807) is 6.07 Å². The van der Waals surface area contributed by atoms with E-state index in [2.05, 4.69) is 11.0 Å². The van der Waals surface area contributed by atoms with E-state index < -0.39 is 0 Å². The molecular formula is C20H20N2O2S2. The van der Waals surface area contributed by atoms with Crippen molar-refractivity contribution >= 4 is 34.1 Å². The molecule has 0 saturated carbocycles. The maximum atomic E-state index is 12.3. The molecule has 2 aromatic rings. The predicted molar refractivity (Wildman–Crippen MR) is 109 cm³/mol. The molecule has 0 N–H and O–H groups in total. The number of thiocarbonyl (C=S) groups is 1. The van der Waals surface area contributed by atoms with E-state index in [1.807, 2.05) is 41.0 Å². The normalized spacial score (nSPS) is 21.2. The second kappa shape index (κ2) is 7.37.